The lowest BCUT2D eigenvalue weighted by atomic mass is 10.0. The third-order valence-corrected chi connectivity index (χ3v) is 10.3. The summed E-state index contributed by atoms with van der Waals surface area (Å²) in [4.78, 5) is 0. The fourth-order valence-corrected chi connectivity index (χ4v) is 7.43. The number of hydrogen-bond donors (Lipinski definition) is 1. The van der Waals surface area contributed by atoms with Crippen LogP contribution in [-0.4, -0.2) is 65.0 Å². The Hall–Kier alpha value is -0.210. The van der Waals surface area contributed by atoms with Gasteiger partial charge in [0.05, 0.1) is 13.2 Å². The highest BCUT2D eigenvalue weighted by atomic mass is 32.2. The maximum atomic E-state index is 6.02. The number of thioether (sulfide) groups is 4. The Morgan fingerprint density at radius 3 is 1.60 bits per heavy atom. The maximum Gasteiger partial charge on any atom is 0.119 e. The van der Waals surface area contributed by atoms with Gasteiger partial charge in [0.1, 0.15) is 11.5 Å². The Morgan fingerprint density at radius 2 is 1.11 bits per heavy atom. The van der Waals surface area contributed by atoms with Crippen LogP contribution in [0.15, 0.2) is 48.5 Å². The van der Waals surface area contributed by atoms with Crippen LogP contribution in [0.25, 0.3) is 0 Å². The van der Waals surface area contributed by atoms with Crippen molar-refractivity contribution in [2.75, 3.05) is 65.0 Å². The van der Waals surface area contributed by atoms with E-state index in [1.54, 1.807) is 0 Å². The van der Waals surface area contributed by atoms with E-state index in [0.29, 0.717) is 0 Å². The third kappa shape index (κ3) is 16.3. The maximum absolute atomic E-state index is 6.02. The SMILES string of the molecule is CCCSCCSCCCOc1cccc(Cc2cccc(OCCCSCCSCCS)c2)c1. The minimum atomic E-state index is 0.777. The summed E-state index contributed by atoms with van der Waals surface area (Å²) in [6.45, 7) is 3.81. The summed E-state index contributed by atoms with van der Waals surface area (Å²) in [5.41, 5.74) is 2.54. The normalized spacial score (nSPS) is 11.0. The average molecular weight is 571 g/mol. The molecule has 2 rings (SSSR count). The largest absolute Gasteiger partial charge is 0.494 e. The van der Waals surface area contributed by atoms with Gasteiger partial charge in [-0.15, -0.1) is 0 Å². The highest BCUT2D eigenvalue weighted by molar-refractivity contribution is 8.03. The van der Waals surface area contributed by atoms with E-state index in [2.05, 4.69) is 79.8 Å². The van der Waals surface area contributed by atoms with Gasteiger partial charge in [0.15, 0.2) is 0 Å². The Balaban J connectivity index is 1.62. The van der Waals surface area contributed by atoms with Crippen molar-refractivity contribution in [3.8, 4) is 11.5 Å². The summed E-state index contributed by atoms with van der Waals surface area (Å²) < 4.78 is 12.0. The fraction of sp³-hybridized carbons (Fsp3) is 0.571. The summed E-state index contributed by atoms with van der Waals surface area (Å²) in [6, 6.07) is 17.0. The van der Waals surface area contributed by atoms with Gasteiger partial charge in [-0.3, -0.25) is 0 Å². The van der Waals surface area contributed by atoms with Crippen LogP contribution in [0.1, 0.15) is 37.3 Å². The quantitative estimate of drug-likeness (QED) is 0.113. The van der Waals surface area contributed by atoms with Gasteiger partial charge in [-0.1, -0.05) is 31.2 Å². The van der Waals surface area contributed by atoms with E-state index in [1.165, 1.54) is 52.1 Å². The lowest BCUT2D eigenvalue weighted by Gasteiger charge is -2.10. The van der Waals surface area contributed by atoms with E-state index in [0.717, 1.165) is 61.2 Å². The molecule has 0 bridgehead atoms. The van der Waals surface area contributed by atoms with Gasteiger partial charge in [-0.2, -0.15) is 59.7 Å². The lowest BCUT2D eigenvalue weighted by molar-refractivity contribution is 0.318. The minimum absolute atomic E-state index is 0.777. The predicted molar refractivity (Wildman–Crippen MR) is 169 cm³/mol. The summed E-state index contributed by atoms with van der Waals surface area (Å²) in [5.74, 6) is 12.6. The van der Waals surface area contributed by atoms with Crippen molar-refractivity contribution in [3.63, 3.8) is 0 Å². The van der Waals surface area contributed by atoms with Gasteiger partial charge in [0, 0.05) is 28.8 Å². The molecule has 0 saturated heterocycles. The molecule has 7 heteroatoms. The molecule has 35 heavy (non-hydrogen) atoms. The molecule has 0 fully saturated rings. The van der Waals surface area contributed by atoms with Crippen molar-refractivity contribution in [3.05, 3.63) is 59.7 Å². The number of benzene rings is 2. The van der Waals surface area contributed by atoms with Gasteiger partial charge >= 0.3 is 0 Å². The first-order valence-electron chi connectivity index (χ1n) is 12.7. The Kier molecular flexibility index (Phi) is 19.3. The molecule has 0 aliphatic carbocycles. The van der Waals surface area contributed by atoms with Gasteiger partial charge in [-0.05, 0) is 84.1 Å². The molecule has 2 nitrogen and oxygen atoms in total. The van der Waals surface area contributed by atoms with Crippen LogP contribution in [0.5, 0.6) is 11.5 Å². The molecule has 0 aliphatic heterocycles. The van der Waals surface area contributed by atoms with Crippen LogP contribution in [0.4, 0.5) is 0 Å². The van der Waals surface area contributed by atoms with E-state index in [9.17, 15) is 0 Å². The van der Waals surface area contributed by atoms with Crippen LogP contribution in [0, 0.1) is 0 Å². The van der Waals surface area contributed by atoms with E-state index < -0.39 is 0 Å². The second-order valence-electron chi connectivity index (χ2n) is 8.05. The van der Waals surface area contributed by atoms with Crippen molar-refractivity contribution >= 4 is 59.7 Å². The highest BCUT2D eigenvalue weighted by Crippen LogP contribution is 2.20. The second-order valence-corrected chi connectivity index (χ2v) is 13.4. The van der Waals surface area contributed by atoms with Crippen LogP contribution < -0.4 is 9.47 Å². The number of hydrogen-bond acceptors (Lipinski definition) is 7. The van der Waals surface area contributed by atoms with Crippen LogP contribution in [0.2, 0.25) is 0 Å². The molecular weight excluding hydrogens is 529 g/mol. The highest BCUT2D eigenvalue weighted by Gasteiger charge is 2.02. The van der Waals surface area contributed by atoms with Gasteiger partial charge in [0.25, 0.3) is 0 Å². The first kappa shape index (κ1) is 31.0. The molecule has 0 aliphatic rings. The third-order valence-electron chi connectivity index (χ3n) is 4.94. The average Bonchev–Trinajstić information content (AvgIpc) is 2.87. The minimum Gasteiger partial charge on any atom is -0.494 e. The van der Waals surface area contributed by atoms with Crippen LogP contribution >= 0.6 is 59.7 Å². The van der Waals surface area contributed by atoms with E-state index >= 15 is 0 Å². The van der Waals surface area contributed by atoms with Crippen LogP contribution in [0.3, 0.4) is 0 Å². The Bertz CT molecular complexity index is 711. The number of rotatable bonds is 22. The lowest BCUT2D eigenvalue weighted by Crippen LogP contribution is -2.01. The smallest absolute Gasteiger partial charge is 0.119 e. The zero-order valence-electron chi connectivity index (χ0n) is 21.1. The summed E-state index contributed by atoms with van der Waals surface area (Å²) in [5, 5.41) is 0. The molecule has 0 N–H and O–H groups in total. The molecule has 2 aromatic carbocycles. The molecule has 0 saturated carbocycles. The topological polar surface area (TPSA) is 18.5 Å². The van der Waals surface area contributed by atoms with Gasteiger partial charge in [-0.25, -0.2) is 0 Å². The monoisotopic (exact) mass is 570 g/mol. The summed E-state index contributed by atoms with van der Waals surface area (Å²) in [6.07, 6.45) is 4.35. The van der Waals surface area contributed by atoms with Crippen molar-refractivity contribution in [1.82, 2.24) is 0 Å². The zero-order valence-corrected chi connectivity index (χ0v) is 25.3. The second kappa shape index (κ2) is 21.8. The molecule has 0 amide bonds. The molecular formula is C28H42O2S5. The van der Waals surface area contributed by atoms with Crippen molar-refractivity contribution in [2.45, 2.75) is 32.6 Å². The van der Waals surface area contributed by atoms with Gasteiger partial charge < -0.3 is 9.47 Å². The standard InChI is InChI=1S/C28H42O2S5/c1-2-14-32-18-19-33-15-5-11-29-27-9-3-7-25(23-27)22-26-8-4-10-28(24-26)30-12-6-16-34-20-21-35-17-13-31/h3-4,7-10,23-24,31H,2,5-6,11-22H2,1H3. The molecule has 0 atom stereocenters. The zero-order chi connectivity index (χ0) is 24.8. The van der Waals surface area contributed by atoms with E-state index in [-0.39, 0.29) is 0 Å². The van der Waals surface area contributed by atoms with Crippen molar-refractivity contribution in [1.29, 1.82) is 0 Å². The Labute approximate surface area is 236 Å². The van der Waals surface area contributed by atoms with E-state index in [1.807, 2.05) is 35.3 Å². The molecule has 0 heterocycles. The number of ether oxygens (including phenoxy) is 2. The molecule has 0 aromatic heterocycles. The molecule has 0 unspecified atom stereocenters. The first-order chi connectivity index (χ1) is 17.3. The first-order valence-corrected chi connectivity index (χ1v) is 17.9. The molecule has 196 valence electrons. The van der Waals surface area contributed by atoms with Crippen molar-refractivity contribution in [2.24, 2.45) is 0 Å². The fourth-order valence-electron chi connectivity index (χ4n) is 3.28. The molecule has 0 spiro atoms. The molecule has 0 radical (unpaired) electrons. The van der Waals surface area contributed by atoms with Crippen molar-refractivity contribution < 1.29 is 9.47 Å². The predicted octanol–water partition coefficient (Wildman–Crippen LogP) is 8.09. The summed E-state index contributed by atoms with van der Waals surface area (Å²) in [7, 11) is 0. The number of thiol groups is 1. The van der Waals surface area contributed by atoms with Crippen LogP contribution in [-0.2, 0) is 6.42 Å². The molecule has 2 aromatic rings. The van der Waals surface area contributed by atoms with Gasteiger partial charge in [0.2, 0.25) is 0 Å². The summed E-state index contributed by atoms with van der Waals surface area (Å²) >= 11 is 12.4. The Morgan fingerprint density at radius 1 is 0.629 bits per heavy atom. The van der Waals surface area contributed by atoms with E-state index in [4.69, 9.17) is 9.47 Å².